The molecule has 0 aromatic heterocycles. The van der Waals surface area contributed by atoms with Crippen LogP contribution in [-0.4, -0.2) is 209 Å². The second-order valence-corrected chi connectivity index (χ2v) is 40.7. The first-order valence-electron chi connectivity index (χ1n) is 38.5. The Balaban J connectivity index is 0.000000864. The number of ether oxygens (including phenoxy) is 1. The fourth-order valence-corrected chi connectivity index (χ4v) is 18.4. The van der Waals surface area contributed by atoms with E-state index < -0.39 is 160 Å². The molecule has 1 aliphatic carbocycles. The van der Waals surface area contributed by atoms with Crippen LogP contribution in [0.5, 0.6) is 0 Å². The zero-order valence-corrected chi connectivity index (χ0v) is 89.9. The average Bonchev–Trinajstić information content (AvgIpc) is 0.754. The molecule has 1 unspecified atom stereocenters. The van der Waals surface area contributed by atoms with Crippen molar-refractivity contribution < 1.29 is 234 Å². The maximum atomic E-state index is 12.4. The zero-order chi connectivity index (χ0) is 99.8. The number of aldehydes is 3. The Kier molecular flexibility index (Phi) is 50.9. The Labute approximate surface area is 866 Å². The van der Waals surface area contributed by atoms with Crippen molar-refractivity contribution in [1.29, 1.82) is 5.41 Å². The summed E-state index contributed by atoms with van der Waals surface area (Å²) in [5, 5.41) is 17.0. The van der Waals surface area contributed by atoms with E-state index in [2.05, 4.69) is 51.7 Å². The number of quaternary nitrogens is 1. The minimum atomic E-state index is -4.80. The number of benzene rings is 9. The number of hydrogen-bond donors (Lipinski definition) is 13. The number of nitrogens with one attached hydrogen (secondary N) is 1. The van der Waals surface area contributed by atoms with E-state index in [4.69, 9.17) is 57.1 Å². The van der Waals surface area contributed by atoms with Gasteiger partial charge in [-0.2, -0.15) is 75.8 Å². The van der Waals surface area contributed by atoms with Gasteiger partial charge in [0.1, 0.15) is 27.8 Å². The number of aliphatic hydroxyl groups excluding tert-OH is 1. The minimum Gasteiger partial charge on any atom is -0.431 e. The Morgan fingerprint density at radius 2 is 0.691 bits per heavy atom. The van der Waals surface area contributed by atoms with Crippen molar-refractivity contribution in [2.75, 3.05) is 67.1 Å². The number of amidine groups is 1. The molecule has 136 heavy (non-hydrogen) atoms. The van der Waals surface area contributed by atoms with Gasteiger partial charge in [0.15, 0.2) is 24.6 Å². The van der Waals surface area contributed by atoms with Crippen LogP contribution in [0.25, 0.3) is 5.57 Å². The smallest absolute Gasteiger partial charge is 0.431 e. The summed E-state index contributed by atoms with van der Waals surface area (Å²) in [6.45, 7) is 22.9. The molecule has 0 spiro atoms. The Morgan fingerprint density at radius 1 is 0.382 bits per heavy atom. The second kappa shape index (κ2) is 54.9. The van der Waals surface area contributed by atoms with Crippen LogP contribution in [0.15, 0.2) is 262 Å². The minimum absolute atomic E-state index is 0. The van der Waals surface area contributed by atoms with E-state index in [0.29, 0.717) is 75.0 Å². The van der Waals surface area contributed by atoms with Gasteiger partial charge in [-0.3, -0.25) is 60.8 Å². The van der Waals surface area contributed by atoms with Gasteiger partial charge in [0.05, 0.1) is 39.4 Å². The molecule has 0 radical (unpaired) electrons. The van der Waals surface area contributed by atoms with Crippen LogP contribution in [0.2, 0.25) is 10.0 Å². The Hall–Kier alpha value is -7.76. The molecule has 722 valence electrons. The number of rotatable bonds is 30. The van der Waals surface area contributed by atoms with Gasteiger partial charge in [0.25, 0.3) is 97.1 Å². The van der Waals surface area contributed by atoms with E-state index in [1.807, 2.05) is 125 Å². The average molecular weight is 2130 g/mol. The normalized spacial score (nSPS) is 12.2. The van der Waals surface area contributed by atoms with Gasteiger partial charge in [-0.05, 0) is 234 Å². The summed E-state index contributed by atoms with van der Waals surface area (Å²) >= 11 is 11.1. The Morgan fingerprint density at radius 3 is 1.02 bits per heavy atom. The summed E-state index contributed by atoms with van der Waals surface area (Å²) in [4.78, 5) is 32.3. The Bertz CT molecular complexity index is 6910. The van der Waals surface area contributed by atoms with Crippen LogP contribution >= 0.6 is 23.2 Å². The van der Waals surface area contributed by atoms with Crippen molar-refractivity contribution in [3.63, 3.8) is 0 Å². The summed E-state index contributed by atoms with van der Waals surface area (Å²) in [5.41, 5.74) is 11.1. The van der Waals surface area contributed by atoms with Gasteiger partial charge < -0.3 is 36.4 Å². The number of allylic oxidation sites excluding steroid dienone is 5. The number of carbonyl (C=O) groups excluding carboxylic acids is 3. The molecule has 53 heteroatoms. The fourth-order valence-electron chi connectivity index (χ4n) is 12.7. The summed E-state index contributed by atoms with van der Waals surface area (Å²) in [5.74, 6) is -0.741. The van der Waals surface area contributed by atoms with E-state index in [-0.39, 0.29) is 128 Å². The molecule has 10 rings (SSSR count). The van der Waals surface area contributed by atoms with Crippen LogP contribution in [0, 0.1) is 5.41 Å². The van der Waals surface area contributed by atoms with Gasteiger partial charge in [-0.25, -0.2) is 4.58 Å². The molecule has 0 saturated carbocycles. The number of halogens is 2. The molecule has 39 nitrogen and oxygen atoms in total. The SMILES string of the molecule is CCN(CC)c1ccc(C(=C2C=CC(=[N+](CC)CC)C=C2)c2cc(S(=O)(=O)O)ccc2S(=O)(=O)O)cc1.CCN(CC)c1ccc(C(c2ccc(N(CC)CC)cc2)c2cc(S(=O)(=O)O)ccc2S(=O)(=O)O)cc1.N=C(N)OC(O)c1cc(S(=O)(=O)O)ccc1S(=O)(=O)O.O=Cc1cc(S(=O)(=O)O)ccc1Cl.O=Cc1cc(S(=O)(=O)O)ccc1S(=O)(=O)O.O=Cc1ccccc1Cl.[NH4+].[Na+].[Na+].[Na+]. The third-order valence-electron chi connectivity index (χ3n) is 19.1. The summed E-state index contributed by atoms with van der Waals surface area (Å²) in [6.07, 6.45) is 6.55. The molecule has 9 aromatic rings. The third-order valence-corrected chi connectivity index (χ3v) is 27.7. The molecule has 0 aliphatic heterocycles. The zero-order valence-electron chi connectivity index (χ0n) is 75.0. The van der Waals surface area contributed by atoms with Crippen LogP contribution in [0.1, 0.15) is 132 Å². The first-order valence-corrected chi connectivity index (χ1v) is 52.2. The number of aliphatic hydroxyl groups is 1. The number of nitrogens with two attached hydrogens (primary N) is 1. The van der Waals surface area contributed by atoms with E-state index in [1.54, 1.807) is 24.3 Å². The number of hydrogen-bond acceptors (Lipinski definition) is 27. The van der Waals surface area contributed by atoms with Crippen LogP contribution < -0.4 is 115 Å². The molecule has 17 N–H and O–H groups in total. The van der Waals surface area contributed by atoms with E-state index >= 15 is 0 Å². The van der Waals surface area contributed by atoms with E-state index in [9.17, 15) is 113 Å². The van der Waals surface area contributed by atoms with Crippen molar-refractivity contribution in [2.24, 2.45) is 5.73 Å². The van der Waals surface area contributed by atoms with Crippen molar-refractivity contribution in [3.8, 4) is 0 Å². The van der Waals surface area contributed by atoms with Crippen molar-refractivity contribution in [3.05, 3.63) is 278 Å². The van der Waals surface area contributed by atoms with Gasteiger partial charge >= 0.3 is 88.7 Å². The third kappa shape index (κ3) is 36.7. The topological polar surface area (TPSA) is 669 Å². The number of anilines is 3. The molecule has 1 aliphatic rings. The maximum Gasteiger partial charge on any atom is 1.00 e. The van der Waals surface area contributed by atoms with Crippen LogP contribution in [0.3, 0.4) is 0 Å². The molecule has 0 heterocycles. The molecule has 9 aromatic carbocycles. The first-order chi connectivity index (χ1) is 61.3. The quantitative estimate of drug-likeness (QED) is 0.00448. The molecular weight excluding hydrogens is 2040 g/mol. The van der Waals surface area contributed by atoms with Crippen molar-refractivity contribution >= 4 is 167 Å². The van der Waals surface area contributed by atoms with Crippen molar-refractivity contribution in [2.45, 2.75) is 112 Å². The summed E-state index contributed by atoms with van der Waals surface area (Å²) in [6, 6.07) is 42.1. The van der Waals surface area contributed by atoms with E-state index in [0.717, 1.165) is 136 Å². The summed E-state index contributed by atoms with van der Waals surface area (Å²) < 4.78 is 295. The molecule has 0 fully saturated rings. The maximum absolute atomic E-state index is 12.4. The molecule has 0 bridgehead atoms. The van der Waals surface area contributed by atoms with Gasteiger partial charge in [0.2, 0.25) is 6.29 Å². The van der Waals surface area contributed by atoms with Crippen molar-refractivity contribution in [1.82, 2.24) is 6.15 Å². The molecule has 0 saturated heterocycles. The monoisotopic (exact) mass is 2130 g/mol. The van der Waals surface area contributed by atoms with Gasteiger partial charge in [0, 0.05) is 102 Å². The standard InChI is InChI=1S/C27H34N2O6S2.C27H32N2O6S2.C8H10N2O8S2.C7H5ClO4S.C7H5ClO.C7H6O7S2.H3N.3Na/c2*1-5-28(6-2)22-13-9-20(10-14-22)27(21-11-15-23(16-12-21)29(7-3)8-4)25-19-24(36(30,31)32)17-18-26(25)37(33,34)35;9-8(10)18-7(11)5-3-4(19(12,13)14)1-2-6(5)20(15,16)17;8-7-2-1-6(13(10,11)12)3-5(7)4-9;8-7-4-2-1-3-6(7)5-9;8-4-5-3-6(15(9,10)11)1-2-7(5)16(12,13)14;;;;/h9-19,27H,5-8H2,1-4H3,(H,30,31,32)(H,33,34,35);9-19H,5-8H2,1-4H3,(H-,30,31,32,33,34,35);1-3,7,11H,(H3,9,10)(H,12,13,14)(H,15,16,17);1-4H,(H,10,11,12);1-5H;1-4H,(H,9,10,11)(H,12,13,14);1H3;;;/q;;;;;;;3*+1/p+2. The summed E-state index contributed by atoms with van der Waals surface area (Å²) in [7, 11) is -41.6. The van der Waals surface area contributed by atoms with E-state index in [1.165, 1.54) is 6.07 Å². The molecule has 0 amide bonds. The van der Waals surface area contributed by atoms with Crippen LogP contribution in [0.4, 0.5) is 17.1 Å². The number of carbonyl (C=O) groups is 3. The van der Waals surface area contributed by atoms with Gasteiger partial charge in [-0.15, -0.1) is 0 Å². The molecule has 1 atom stereocenters. The predicted molar refractivity (Wildman–Crippen MR) is 499 cm³/mol. The molecular formula is C83H97Cl2N7Na3O32S9+5. The second-order valence-electron chi connectivity index (χ2n) is 27.2. The first kappa shape index (κ1) is 126. The predicted octanol–water partition coefficient (Wildman–Crippen LogP) is 3.51. The fraction of sp³-hybridized carbons (Fsp3) is 0.217. The van der Waals surface area contributed by atoms with Gasteiger partial charge in [-0.1, -0.05) is 77.8 Å². The van der Waals surface area contributed by atoms with Crippen LogP contribution in [-0.2, 0) is 95.8 Å². The largest absolute Gasteiger partial charge is 1.00 e. The number of nitrogens with zero attached hydrogens (tertiary/aromatic N) is 4.